The summed E-state index contributed by atoms with van der Waals surface area (Å²) in [6, 6.07) is 7.44. The molecule has 2 aromatic rings. The van der Waals surface area contributed by atoms with Gasteiger partial charge in [-0.25, -0.2) is 9.59 Å². The fraction of sp³-hybridized carbons (Fsp3) is 0.409. The van der Waals surface area contributed by atoms with Crippen LogP contribution in [0.15, 0.2) is 24.3 Å². The molecule has 0 aliphatic carbocycles. The van der Waals surface area contributed by atoms with Gasteiger partial charge >= 0.3 is 11.9 Å². The Labute approximate surface area is 170 Å². The number of esters is 2. The van der Waals surface area contributed by atoms with E-state index in [1.54, 1.807) is 26.8 Å². The molecular formula is C22H27NO6. The molecule has 1 heterocycles. The van der Waals surface area contributed by atoms with Gasteiger partial charge in [0.2, 0.25) is 5.78 Å². The second-order valence-electron chi connectivity index (χ2n) is 6.91. The number of carbonyl (C=O) groups is 3. The first-order valence-electron chi connectivity index (χ1n) is 9.53. The highest BCUT2D eigenvalue weighted by atomic mass is 16.6. The summed E-state index contributed by atoms with van der Waals surface area (Å²) in [7, 11) is 0. The Morgan fingerprint density at radius 1 is 0.966 bits per heavy atom. The minimum Gasteiger partial charge on any atom is -0.482 e. The van der Waals surface area contributed by atoms with E-state index in [0.717, 1.165) is 5.56 Å². The molecule has 0 atom stereocenters. The van der Waals surface area contributed by atoms with Crippen LogP contribution in [0.25, 0.3) is 0 Å². The highest BCUT2D eigenvalue weighted by Crippen LogP contribution is 2.25. The second-order valence-corrected chi connectivity index (χ2v) is 6.91. The van der Waals surface area contributed by atoms with Crippen LogP contribution in [0, 0.1) is 13.8 Å². The van der Waals surface area contributed by atoms with Crippen molar-refractivity contribution in [3.63, 3.8) is 0 Å². The maximum atomic E-state index is 12.6. The van der Waals surface area contributed by atoms with E-state index in [-0.39, 0.29) is 30.3 Å². The number of H-pyrrole nitrogens is 1. The molecule has 0 fully saturated rings. The van der Waals surface area contributed by atoms with Crippen LogP contribution in [-0.2, 0) is 14.3 Å². The van der Waals surface area contributed by atoms with Crippen LogP contribution in [0.3, 0.4) is 0 Å². The number of ketones is 1. The number of carbonyl (C=O) groups excluding carboxylic acids is 3. The Morgan fingerprint density at radius 2 is 1.62 bits per heavy atom. The lowest BCUT2D eigenvalue weighted by atomic mass is 10.0. The number of aryl methyl sites for hydroxylation is 2. The number of hydrogen-bond donors (Lipinski definition) is 1. The topological polar surface area (TPSA) is 94.7 Å². The van der Waals surface area contributed by atoms with Gasteiger partial charge in [0.05, 0.1) is 17.7 Å². The summed E-state index contributed by atoms with van der Waals surface area (Å²) in [6.45, 7) is 8.50. The number of nitrogens with one attached hydrogen (secondary N) is 1. The van der Waals surface area contributed by atoms with Crippen LogP contribution < -0.4 is 4.74 Å². The van der Waals surface area contributed by atoms with E-state index < -0.39 is 24.3 Å². The van der Waals surface area contributed by atoms with Crippen LogP contribution in [0.1, 0.15) is 64.4 Å². The molecule has 1 aromatic heterocycles. The van der Waals surface area contributed by atoms with E-state index in [4.69, 9.17) is 14.2 Å². The summed E-state index contributed by atoms with van der Waals surface area (Å²) in [6.07, 6.45) is 0. The van der Waals surface area contributed by atoms with Crippen molar-refractivity contribution in [2.24, 2.45) is 0 Å². The minimum atomic E-state index is -0.667. The van der Waals surface area contributed by atoms with E-state index in [1.807, 2.05) is 32.0 Å². The molecule has 7 nitrogen and oxygen atoms in total. The highest BCUT2D eigenvalue weighted by molar-refractivity contribution is 6.09. The molecule has 7 heteroatoms. The Hall–Kier alpha value is -3.09. The third kappa shape index (κ3) is 5.47. The van der Waals surface area contributed by atoms with Crippen LogP contribution in [0.2, 0.25) is 0 Å². The van der Waals surface area contributed by atoms with Gasteiger partial charge in [-0.1, -0.05) is 32.0 Å². The van der Waals surface area contributed by atoms with Crippen molar-refractivity contribution in [1.82, 2.24) is 4.98 Å². The maximum Gasteiger partial charge on any atom is 0.344 e. The number of para-hydroxylation sites is 1. The van der Waals surface area contributed by atoms with Crippen molar-refractivity contribution in [3.05, 3.63) is 52.3 Å². The van der Waals surface area contributed by atoms with Gasteiger partial charge in [-0.05, 0) is 38.3 Å². The van der Waals surface area contributed by atoms with Crippen molar-refractivity contribution in [1.29, 1.82) is 0 Å². The van der Waals surface area contributed by atoms with Gasteiger partial charge in [-0.15, -0.1) is 0 Å². The molecule has 0 bridgehead atoms. The zero-order valence-corrected chi connectivity index (χ0v) is 17.5. The summed E-state index contributed by atoms with van der Waals surface area (Å²) in [5, 5.41) is 0. The SMILES string of the molecule is CCOC(=O)c1c(C)[nH]c(C)c1C(=O)COC(=O)COc1ccccc1C(C)C. The molecule has 0 aliphatic rings. The first kappa shape index (κ1) is 22.2. The fourth-order valence-electron chi connectivity index (χ4n) is 3.07. The zero-order valence-electron chi connectivity index (χ0n) is 17.5. The van der Waals surface area contributed by atoms with Crippen LogP contribution in [0.4, 0.5) is 0 Å². The lowest BCUT2D eigenvalue weighted by Crippen LogP contribution is -2.21. The van der Waals surface area contributed by atoms with E-state index in [0.29, 0.717) is 17.1 Å². The maximum absolute atomic E-state index is 12.6. The number of rotatable bonds is 9. The Balaban J connectivity index is 2.00. The Morgan fingerprint density at radius 3 is 2.28 bits per heavy atom. The third-order valence-electron chi connectivity index (χ3n) is 4.38. The predicted octanol–water partition coefficient (Wildman–Crippen LogP) is 3.74. The molecule has 0 amide bonds. The van der Waals surface area contributed by atoms with E-state index in [1.165, 1.54) is 0 Å². The standard InChI is InChI=1S/C22H27NO6/c1-6-27-22(26)21-15(5)23-14(4)20(21)17(24)11-29-19(25)12-28-18-10-8-7-9-16(18)13(2)3/h7-10,13,23H,6,11-12H2,1-5H3. The van der Waals surface area contributed by atoms with Crippen molar-refractivity contribution >= 4 is 17.7 Å². The molecule has 156 valence electrons. The van der Waals surface area contributed by atoms with Gasteiger partial charge in [-0.3, -0.25) is 4.79 Å². The van der Waals surface area contributed by atoms with Gasteiger partial charge in [0.15, 0.2) is 13.2 Å². The molecule has 1 aromatic carbocycles. The molecule has 2 rings (SSSR count). The summed E-state index contributed by atoms with van der Waals surface area (Å²) in [4.78, 5) is 39.8. The lowest BCUT2D eigenvalue weighted by Gasteiger charge is -2.13. The van der Waals surface area contributed by atoms with E-state index >= 15 is 0 Å². The molecule has 0 unspecified atom stereocenters. The molecule has 0 radical (unpaired) electrons. The highest BCUT2D eigenvalue weighted by Gasteiger charge is 2.26. The monoisotopic (exact) mass is 401 g/mol. The molecule has 0 saturated carbocycles. The first-order chi connectivity index (χ1) is 13.8. The second kappa shape index (κ2) is 9.91. The number of ether oxygens (including phenoxy) is 3. The van der Waals surface area contributed by atoms with Crippen LogP contribution in [-0.4, -0.2) is 42.5 Å². The van der Waals surface area contributed by atoms with E-state index in [2.05, 4.69) is 4.98 Å². The molecule has 0 spiro atoms. The predicted molar refractivity (Wildman–Crippen MR) is 108 cm³/mol. The van der Waals surface area contributed by atoms with Gasteiger partial charge in [-0.2, -0.15) is 0 Å². The molecule has 0 saturated heterocycles. The first-order valence-corrected chi connectivity index (χ1v) is 9.53. The average Bonchev–Trinajstić information content (AvgIpc) is 2.98. The minimum absolute atomic E-state index is 0.174. The zero-order chi connectivity index (χ0) is 21.6. The molecule has 29 heavy (non-hydrogen) atoms. The fourth-order valence-corrected chi connectivity index (χ4v) is 3.07. The average molecular weight is 401 g/mol. The van der Waals surface area contributed by atoms with Crippen molar-refractivity contribution in [2.45, 2.75) is 40.5 Å². The van der Waals surface area contributed by atoms with Gasteiger partial charge in [0.25, 0.3) is 0 Å². The number of Topliss-reactive ketones (excluding diaryl/α,β-unsaturated/α-hetero) is 1. The summed E-state index contributed by atoms with van der Waals surface area (Å²) in [5.74, 6) is -0.889. The van der Waals surface area contributed by atoms with Crippen LogP contribution >= 0.6 is 0 Å². The number of aromatic amines is 1. The van der Waals surface area contributed by atoms with E-state index in [9.17, 15) is 14.4 Å². The van der Waals surface area contributed by atoms with Gasteiger partial charge in [0.1, 0.15) is 5.75 Å². The normalized spacial score (nSPS) is 10.7. The smallest absolute Gasteiger partial charge is 0.344 e. The Kier molecular flexibility index (Phi) is 7.59. The van der Waals surface area contributed by atoms with Gasteiger partial charge in [0, 0.05) is 11.4 Å². The quantitative estimate of drug-likeness (QED) is 0.508. The summed E-state index contributed by atoms with van der Waals surface area (Å²) < 4.78 is 15.6. The third-order valence-corrected chi connectivity index (χ3v) is 4.38. The molecule has 1 N–H and O–H groups in total. The largest absolute Gasteiger partial charge is 0.482 e. The Bertz CT molecular complexity index is 897. The molecule has 0 aliphatic heterocycles. The number of aromatic nitrogens is 1. The van der Waals surface area contributed by atoms with Crippen LogP contribution in [0.5, 0.6) is 5.75 Å². The number of hydrogen-bond acceptors (Lipinski definition) is 6. The summed E-state index contributed by atoms with van der Waals surface area (Å²) >= 11 is 0. The van der Waals surface area contributed by atoms with Gasteiger partial charge < -0.3 is 19.2 Å². The van der Waals surface area contributed by atoms with Crippen molar-refractivity contribution in [2.75, 3.05) is 19.8 Å². The molecular weight excluding hydrogens is 374 g/mol. The summed E-state index contributed by atoms with van der Waals surface area (Å²) in [5.41, 5.74) is 2.39. The van der Waals surface area contributed by atoms with Crippen molar-refractivity contribution < 1.29 is 28.6 Å². The number of benzene rings is 1. The van der Waals surface area contributed by atoms with Crippen molar-refractivity contribution in [3.8, 4) is 5.75 Å². The lowest BCUT2D eigenvalue weighted by molar-refractivity contribution is -0.144.